The second-order valence-corrected chi connectivity index (χ2v) is 6.80. The van der Waals surface area contributed by atoms with E-state index < -0.39 is 0 Å². The molecule has 1 N–H and O–H groups in total. The summed E-state index contributed by atoms with van der Waals surface area (Å²) in [6.07, 6.45) is 5.69. The number of pyridine rings is 1. The van der Waals surface area contributed by atoms with Crippen LogP contribution in [-0.2, 0) is 30.6 Å². The first kappa shape index (κ1) is 18.1. The van der Waals surface area contributed by atoms with Crippen LogP contribution < -0.4 is 10.1 Å². The summed E-state index contributed by atoms with van der Waals surface area (Å²) in [5.41, 5.74) is 3.02. The van der Waals surface area contributed by atoms with Gasteiger partial charge in [-0.2, -0.15) is 0 Å². The van der Waals surface area contributed by atoms with Crippen molar-refractivity contribution >= 4 is 17.2 Å². The van der Waals surface area contributed by atoms with Gasteiger partial charge in [0.15, 0.2) is 0 Å². The largest absolute Gasteiger partial charge is 0.496 e. The van der Waals surface area contributed by atoms with Gasteiger partial charge in [-0.15, -0.1) is 11.3 Å². The van der Waals surface area contributed by atoms with Crippen molar-refractivity contribution in [1.29, 1.82) is 0 Å². The molecule has 3 aromatic rings. The van der Waals surface area contributed by atoms with Crippen molar-refractivity contribution < 1.29 is 9.53 Å². The molecule has 0 unspecified atom stereocenters. The molecule has 0 bridgehead atoms. The van der Waals surface area contributed by atoms with Gasteiger partial charge in [-0.3, -0.25) is 9.78 Å². The Morgan fingerprint density at radius 1 is 1.15 bits per heavy atom. The van der Waals surface area contributed by atoms with Crippen LogP contribution in [-0.4, -0.2) is 23.0 Å². The van der Waals surface area contributed by atoms with Gasteiger partial charge in [0, 0.05) is 36.3 Å². The summed E-state index contributed by atoms with van der Waals surface area (Å²) >= 11 is 1.60. The molecule has 0 fully saturated rings. The third kappa shape index (κ3) is 5.13. The highest BCUT2D eigenvalue weighted by Gasteiger charge is 2.09. The number of rotatable bonds is 8. The lowest BCUT2D eigenvalue weighted by Crippen LogP contribution is -2.24. The van der Waals surface area contributed by atoms with Crippen molar-refractivity contribution in [2.75, 3.05) is 7.11 Å². The van der Waals surface area contributed by atoms with Crippen molar-refractivity contribution in [3.8, 4) is 5.75 Å². The molecule has 0 saturated carbocycles. The van der Waals surface area contributed by atoms with E-state index in [1.807, 2.05) is 41.8 Å². The van der Waals surface area contributed by atoms with Crippen LogP contribution in [0.1, 0.15) is 21.8 Å². The Morgan fingerprint density at radius 3 is 2.77 bits per heavy atom. The van der Waals surface area contributed by atoms with Crippen LogP contribution in [0, 0.1) is 0 Å². The smallest absolute Gasteiger partial charge is 0.226 e. The zero-order valence-corrected chi connectivity index (χ0v) is 15.5. The Kier molecular flexibility index (Phi) is 6.33. The maximum atomic E-state index is 12.2. The number of aromatic nitrogens is 2. The number of nitrogens with zero attached hydrogens (tertiary/aromatic N) is 2. The van der Waals surface area contributed by atoms with Crippen molar-refractivity contribution in [1.82, 2.24) is 15.3 Å². The molecule has 0 aliphatic heterocycles. The minimum atomic E-state index is -0.0399. The standard InChI is InChI=1S/C20H21N3O2S/c1-25-18-5-3-2-4-16(18)13-22-19(24)12-17-14-26-20(23-17)7-6-15-8-10-21-11-9-15/h2-5,8-11,14H,6-7,12-13H2,1H3,(H,22,24). The molecule has 1 amide bonds. The Morgan fingerprint density at radius 2 is 1.96 bits per heavy atom. The van der Waals surface area contributed by atoms with Crippen LogP contribution in [0.25, 0.3) is 0 Å². The molecule has 0 spiro atoms. The Bertz CT molecular complexity index is 849. The van der Waals surface area contributed by atoms with E-state index >= 15 is 0 Å². The zero-order valence-electron chi connectivity index (χ0n) is 14.6. The summed E-state index contributed by atoms with van der Waals surface area (Å²) in [5.74, 6) is 0.738. The molecule has 5 nitrogen and oxygen atoms in total. The number of para-hydroxylation sites is 1. The van der Waals surface area contributed by atoms with Crippen molar-refractivity contribution in [2.45, 2.75) is 25.8 Å². The van der Waals surface area contributed by atoms with Crippen LogP contribution in [0.2, 0.25) is 0 Å². The van der Waals surface area contributed by atoms with Crippen molar-refractivity contribution in [3.63, 3.8) is 0 Å². The van der Waals surface area contributed by atoms with Gasteiger partial charge in [0.25, 0.3) is 0 Å². The molecule has 0 radical (unpaired) electrons. The number of aryl methyl sites for hydroxylation is 2. The molecular weight excluding hydrogens is 346 g/mol. The molecule has 2 aromatic heterocycles. The molecule has 0 aliphatic rings. The van der Waals surface area contributed by atoms with Gasteiger partial charge in [-0.1, -0.05) is 18.2 Å². The topological polar surface area (TPSA) is 64.1 Å². The minimum Gasteiger partial charge on any atom is -0.496 e. The Hall–Kier alpha value is -2.73. The number of benzene rings is 1. The summed E-state index contributed by atoms with van der Waals surface area (Å²) in [7, 11) is 1.63. The average molecular weight is 367 g/mol. The first-order valence-electron chi connectivity index (χ1n) is 8.45. The number of hydrogen-bond donors (Lipinski definition) is 1. The third-order valence-corrected chi connectivity index (χ3v) is 4.94. The number of ether oxygens (including phenoxy) is 1. The molecule has 26 heavy (non-hydrogen) atoms. The third-order valence-electron chi connectivity index (χ3n) is 3.99. The van der Waals surface area contributed by atoms with Gasteiger partial charge in [0.1, 0.15) is 5.75 Å². The molecule has 2 heterocycles. The van der Waals surface area contributed by atoms with Crippen LogP contribution >= 0.6 is 11.3 Å². The van der Waals surface area contributed by atoms with Gasteiger partial charge in [0.05, 0.1) is 24.2 Å². The van der Waals surface area contributed by atoms with Crippen molar-refractivity contribution in [2.24, 2.45) is 0 Å². The van der Waals surface area contributed by atoms with E-state index in [0.29, 0.717) is 13.0 Å². The highest BCUT2D eigenvalue weighted by atomic mass is 32.1. The molecule has 0 atom stereocenters. The summed E-state index contributed by atoms with van der Waals surface area (Å²) in [4.78, 5) is 20.8. The maximum Gasteiger partial charge on any atom is 0.226 e. The fraction of sp³-hybridized carbons (Fsp3) is 0.250. The van der Waals surface area contributed by atoms with Crippen LogP contribution in [0.5, 0.6) is 5.75 Å². The lowest BCUT2D eigenvalue weighted by Gasteiger charge is -2.09. The summed E-state index contributed by atoms with van der Waals surface area (Å²) in [6.45, 7) is 0.446. The summed E-state index contributed by atoms with van der Waals surface area (Å²) in [6, 6.07) is 11.7. The second-order valence-electron chi connectivity index (χ2n) is 5.85. The number of hydrogen-bond acceptors (Lipinski definition) is 5. The molecule has 6 heteroatoms. The second kappa shape index (κ2) is 9.10. The van der Waals surface area contributed by atoms with E-state index in [0.717, 1.165) is 34.9 Å². The van der Waals surface area contributed by atoms with E-state index in [4.69, 9.17) is 4.74 Å². The highest BCUT2D eigenvalue weighted by Crippen LogP contribution is 2.17. The van der Waals surface area contributed by atoms with Crippen molar-refractivity contribution in [3.05, 3.63) is 76.0 Å². The number of carbonyl (C=O) groups is 1. The predicted octanol–water partition coefficient (Wildman–Crippen LogP) is 3.19. The van der Waals surface area contributed by atoms with Crippen LogP contribution in [0.3, 0.4) is 0 Å². The Labute approximate surface area is 157 Å². The quantitative estimate of drug-likeness (QED) is 0.664. The lowest BCUT2D eigenvalue weighted by atomic mass is 10.1. The first-order valence-corrected chi connectivity index (χ1v) is 9.33. The fourth-order valence-corrected chi connectivity index (χ4v) is 3.41. The zero-order chi connectivity index (χ0) is 18.2. The minimum absolute atomic E-state index is 0.0399. The van der Waals surface area contributed by atoms with Gasteiger partial charge < -0.3 is 10.1 Å². The molecule has 0 aliphatic carbocycles. The van der Waals surface area contributed by atoms with Gasteiger partial charge in [0.2, 0.25) is 5.91 Å². The Balaban J connectivity index is 1.48. The number of nitrogens with one attached hydrogen (secondary N) is 1. The molecule has 134 valence electrons. The first-order chi connectivity index (χ1) is 12.7. The maximum absolute atomic E-state index is 12.2. The molecule has 1 aromatic carbocycles. The lowest BCUT2D eigenvalue weighted by molar-refractivity contribution is -0.120. The average Bonchev–Trinajstić information content (AvgIpc) is 3.13. The van der Waals surface area contributed by atoms with E-state index in [9.17, 15) is 4.79 Å². The molecular formula is C20H21N3O2S. The highest BCUT2D eigenvalue weighted by molar-refractivity contribution is 7.09. The SMILES string of the molecule is COc1ccccc1CNC(=O)Cc1csc(CCc2ccncc2)n1. The fourth-order valence-electron chi connectivity index (χ4n) is 2.62. The summed E-state index contributed by atoms with van der Waals surface area (Å²) < 4.78 is 5.30. The number of carbonyl (C=O) groups excluding carboxylic acids is 1. The van der Waals surface area contributed by atoms with Gasteiger partial charge in [-0.05, 0) is 30.2 Å². The summed E-state index contributed by atoms with van der Waals surface area (Å²) in [5, 5.41) is 5.94. The number of amides is 1. The van der Waals surface area contributed by atoms with E-state index in [1.54, 1.807) is 30.8 Å². The van der Waals surface area contributed by atoms with Crippen LogP contribution in [0.15, 0.2) is 54.2 Å². The van der Waals surface area contributed by atoms with E-state index in [-0.39, 0.29) is 5.91 Å². The number of methoxy groups -OCH3 is 1. The number of thiazole rings is 1. The van der Waals surface area contributed by atoms with Gasteiger partial charge >= 0.3 is 0 Å². The molecule has 3 rings (SSSR count). The van der Waals surface area contributed by atoms with E-state index in [1.165, 1.54) is 5.56 Å². The normalized spacial score (nSPS) is 10.5. The van der Waals surface area contributed by atoms with Gasteiger partial charge in [-0.25, -0.2) is 4.98 Å². The monoisotopic (exact) mass is 367 g/mol. The van der Waals surface area contributed by atoms with E-state index in [2.05, 4.69) is 15.3 Å². The van der Waals surface area contributed by atoms with Crippen LogP contribution in [0.4, 0.5) is 0 Å². The predicted molar refractivity (Wildman–Crippen MR) is 102 cm³/mol. The molecule has 0 saturated heterocycles.